The van der Waals surface area contributed by atoms with Gasteiger partial charge in [-0.3, -0.25) is 14.6 Å². The van der Waals surface area contributed by atoms with Crippen LogP contribution in [-0.2, 0) is 9.59 Å². The van der Waals surface area contributed by atoms with Crippen molar-refractivity contribution in [3.8, 4) is 0 Å². The smallest absolute Gasteiger partial charge is 0.409 e. The van der Waals surface area contributed by atoms with Crippen LogP contribution in [0.2, 0.25) is 0 Å². The third-order valence-electron chi connectivity index (χ3n) is 2.46. The van der Waals surface area contributed by atoms with Crippen molar-refractivity contribution in [3.63, 3.8) is 0 Å². The molecule has 2 N–H and O–H groups in total. The summed E-state index contributed by atoms with van der Waals surface area (Å²) in [5, 5.41) is 4.50. The summed E-state index contributed by atoms with van der Waals surface area (Å²) in [4.78, 5) is 26.8. The van der Waals surface area contributed by atoms with E-state index in [9.17, 15) is 22.8 Å². The first-order valence-electron chi connectivity index (χ1n) is 6.01. The summed E-state index contributed by atoms with van der Waals surface area (Å²) < 4.78 is 40.7. The lowest BCUT2D eigenvalue weighted by atomic mass is 10.3. The maximum absolute atomic E-state index is 11.9. The minimum Gasteiger partial charge on any atom is -0.460 e. The second kappa shape index (κ2) is 6.29. The van der Waals surface area contributed by atoms with Gasteiger partial charge >= 0.3 is 6.18 Å². The summed E-state index contributed by atoms with van der Waals surface area (Å²) in [5.41, 5.74) is 1.24. The van der Waals surface area contributed by atoms with Crippen molar-refractivity contribution in [2.24, 2.45) is 0 Å². The van der Waals surface area contributed by atoms with Gasteiger partial charge in [-0.1, -0.05) is 0 Å². The topological polar surface area (TPSA) is 84.2 Å². The third-order valence-corrected chi connectivity index (χ3v) is 2.46. The van der Waals surface area contributed by atoms with E-state index in [4.69, 9.17) is 4.42 Å². The molecule has 6 nitrogen and oxygen atoms in total. The highest BCUT2D eigenvalue weighted by molar-refractivity contribution is 6.01. The fourth-order valence-corrected chi connectivity index (χ4v) is 1.56. The minimum absolute atomic E-state index is 0.213. The fourth-order valence-electron chi connectivity index (χ4n) is 1.56. The van der Waals surface area contributed by atoms with Crippen LogP contribution in [0.5, 0.6) is 0 Å². The molecular weight excluding hydrogens is 303 g/mol. The summed E-state index contributed by atoms with van der Waals surface area (Å²) in [6, 6.07) is 3.10. The Bertz CT molecular complexity index is 722. The third kappa shape index (κ3) is 4.33. The number of pyridine rings is 1. The number of halogens is 3. The van der Waals surface area contributed by atoms with E-state index in [0.717, 1.165) is 0 Å². The molecular formula is C13H10F3N3O3. The molecule has 0 aromatic carbocycles. The summed E-state index contributed by atoms with van der Waals surface area (Å²) in [6.45, 7) is -0.481. The van der Waals surface area contributed by atoms with Gasteiger partial charge in [0.1, 0.15) is 5.52 Å². The van der Waals surface area contributed by atoms with Crippen molar-refractivity contribution in [1.82, 2.24) is 10.3 Å². The Balaban J connectivity index is 1.90. The van der Waals surface area contributed by atoms with E-state index in [0.29, 0.717) is 22.9 Å². The zero-order valence-electron chi connectivity index (χ0n) is 11.0. The normalized spacial score (nSPS) is 11.8. The second-order valence-electron chi connectivity index (χ2n) is 4.13. The lowest BCUT2D eigenvalue weighted by Crippen LogP contribution is -2.32. The molecule has 2 heterocycles. The van der Waals surface area contributed by atoms with Gasteiger partial charge in [0.25, 0.3) is 0 Å². The Morgan fingerprint density at radius 2 is 2.09 bits per heavy atom. The van der Waals surface area contributed by atoms with Crippen molar-refractivity contribution in [2.75, 3.05) is 11.9 Å². The zero-order valence-corrected chi connectivity index (χ0v) is 11.0. The van der Waals surface area contributed by atoms with E-state index in [1.807, 2.05) is 5.32 Å². The Kier molecular flexibility index (Phi) is 4.44. The largest absolute Gasteiger partial charge is 0.460 e. The van der Waals surface area contributed by atoms with Gasteiger partial charge in [0.2, 0.25) is 11.8 Å². The molecule has 0 radical (unpaired) electrons. The number of amides is 2. The number of anilines is 1. The number of hydrogen-bond acceptors (Lipinski definition) is 4. The van der Waals surface area contributed by atoms with Crippen molar-refractivity contribution in [1.29, 1.82) is 0 Å². The molecule has 2 aromatic heterocycles. The van der Waals surface area contributed by atoms with Crippen molar-refractivity contribution in [2.45, 2.75) is 6.18 Å². The molecule has 0 saturated carbocycles. The standard InChI is InChI=1S/C13H10F3N3O3/c14-13(15,16)4-1-10(20)18-7-11(21)19-9-2-5-17-8-3-6-22-12(8)9/h1-6H,7H2,(H,18,20)(H,17,19,21). The maximum atomic E-state index is 11.9. The number of fused-ring (bicyclic) bond motifs is 1. The molecule has 0 atom stereocenters. The van der Waals surface area contributed by atoms with Crippen LogP contribution < -0.4 is 10.6 Å². The van der Waals surface area contributed by atoms with E-state index in [1.54, 1.807) is 6.07 Å². The van der Waals surface area contributed by atoms with Crippen LogP contribution in [0.15, 0.2) is 41.2 Å². The van der Waals surface area contributed by atoms with E-state index >= 15 is 0 Å². The number of rotatable bonds is 4. The monoisotopic (exact) mass is 313 g/mol. The van der Waals surface area contributed by atoms with Crippen molar-refractivity contribution < 1.29 is 27.2 Å². The predicted molar refractivity (Wildman–Crippen MR) is 70.8 cm³/mol. The van der Waals surface area contributed by atoms with Gasteiger partial charge < -0.3 is 15.1 Å². The molecule has 0 fully saturated rings. The highest BCUT2D eigenvalue weighted by Crippen LogP contribution is 2.21. The highest BCUT2D eigenvalue weighted by atomic mass is 19.4. The lowest BCUT2D eigenvalue weighted by Gasteiger charge is -2.06. The SMILES string of the molecule is O=C(C=CC(F)(F)F)NCC(=O)Nc1ccnc2ccoc12. The number of aromatic nitrogens is 1. The van der Waals surface area contributed by atoms with Crippen molar-refractivity contribution >= 4 is 28.6 Å². The molecule has 0 spiro atoms. The van der Waals surface area contributed by atoms with Crippen LogP contribution in [0.4, 0.5) is 18.9 Å². The quantitative estimate of drug-likeness (QED) is 0.846. The maximum Gasteiger partial charge on any atom is 0.409 e. The second-order valence-corrected chi connectivity index (χ2v) is 4.13. The van der Waals surface area contributed by atoms with Gasteiger partial charge in [-0.05, 0) is 6.07 Å². The molecule has 2 rings (SSSR count). The molecule has 0 saturated heterocycles. The number of allylic oxidation sites excluding steroid dienone is 1. The van der Waals surface area contributed by atoms with Crippen LogP contribution in [0.1, 0.15) is 0 Å². The van der Waals surface area contributed by atoms with Gasteiger partial charge in [-0.15, -0.1) is 0 Å². The molecule has 0 aliphatic rings. The first-order valence-corrected chi connectivity index (χ1v) is 6.01. The lowest BCUT2D eigenvalue weighted by molar-refractivity contribution is -0.121. The molecule has 116 valence electrons. The van der Waals surface area contributed by atoms with Crippen molar-refractivity contribution in [3.05, 3.63) is 36.7 Å². The molecule has 22 heavy (non-hydrogen) atoms. The summed E-state index contributed by atoms with van der Waals surface area (Å²) in [6.07, 6.45) is -1.63. The first-order chi connectivity index (χ1) is 10.3. The number of carbonyl (C=O) groups is 2. The molecule has 9 heteroatoms. The molecule has 0 aliphatic heterocycles. The van der Waals surface area contributed by atoms with E-state index in [1.165, 1.54) is 18.5 Å². The van der Waals surface area contributed by atoms with Gasteiger partial charge in [-0.25, -0.2) is 0 Å². The average Bonchev–Trinajstić information content (AvgIpc) is 2.91. The first kappa shape index (κ1) is 15.5. The average molecular weight is 313 g/mol. The number of furan rings is 1. The molecule has 0 bridgehead atoms. The van der Waals surface area contributed by atoms with E-state index < -0.39 is 24.5 Å². The Hall–Kier alpha value is -2.84. The van der Waals surface area contributed by atoms with Crippen LogP contribution in [0, 0.1) is 0 Å². The number of carbonyl (C=O) groups excluding carboxylic acids is 2. The van der Waals surface area contributed by atoms with Gasteiger partial charge in [-0.2, -0.15) is 13.2 Å². The Morgan fingerprint density at radius 1 is 1.32 bits per heavy atom. The summed E-state index contributed by atoms with van der Waals surface area (Å²) in [5.74, 6) is -1.64. The molecule has 2 aromatic rings. The minimum atomic E-state index is -4.58. The van der Waals surface area contributed by atoms with E-state index in [2.05, 4.69) is 10.3 Å². The molecule has 0 unspecified atom stereocenters. The van der Waals surface area contributed by atoms with Gasteiger partial charge in [0.15, 0.2) is 5.58 Å². The highest BCUT2D eigenvalue weighted by Gasteiger charge is 2.22. The fraction of sp³-hybridized carbons (Fsp3) is 0.154. The predicted octanol–water partition coefficient (Wildman–Crippen LogP) is 2.00. The van der Waals surface area contributed by atoms with Crippen LogP contribution in [-0.4, -0.2) is 29.5 Å². The Labute approximate surface area is 122 Å². The zero-order chi connectivity index (χ0) is 16.2. The van der Waals surface area contributed by atoms with Crippen LogP contribution in [0.25, 0.3) is 11.1 Å². The number of hydrogen-bond donors (Lipinski definition) is 2. The number of nitrogens with one attached hydrogen (secondary N) is 2. The van der Waals surface area contributed by atoms with Crippen LogP contribution in [0.3, 0.4) is 0 Å². The number of alkyl halides is 3. The van der Waals surface area contributed by atoms with Gasteiger partial charge in [0, 0.05) is 24.4 Å². The number of nitrogens with zero attached hydrogens (tertiary/aromatic N) is 1. The van der Waals surface area contributed by atoms with E-state index in [-0.39, 0.29) is 6.08 Å². The summed E-state index contributed by atoms with van der Waals surface area (Å²) >= 11 is 0. The van der Waals surface area contributed by atoms with Gasteiger partial charge in [0.05, 0.1) is 18.5 Å². The molecule has 2 amide bonds. The molecule has 0 aliphatic carbocycles. The summed E-state index contributed by atoms with van der Waals surface area (Å²) in [7, 11) is 0. The van der Waals surface area contributed by atoms with Crippen LogP contribution >= 0.6 is 0 Å². The Morgan fingerprint density at radius 3 is 2.82 bits per heavy atom.